The molecular formula is C17H27N3. The highest BCUT2D eigenvalue weighted by atomic mass is 15.2. The quantitative estimate of drug-likeness (QED) is 0.913. The van der Waals surface area contributed by atoms with Gasteiger partial charge < -0.3 is 15.1 Å². The van der Waals surface area contributed by atoms with Crippen molar-refractivity contribution in [2.45, 2.75) is 32.2 Å². The summed E-state index contributed by atoms with van der Waals surface area (Å²) in [7, 11) is 4.25. The summed E-state index contributed by atoms with van der Waals surface area (Å²) in [6, 6.07) is 6.87. The van der Waals surface area contributed by atoms with Crippen LogP contribution in [0.5, 0.6) is 0 Å². The van der Waals surface area contributed by atoms with Crippen LogP contribution in [0.2, 0.25) is 0 Å². The topological polar surface area (TPSA) is 18.5 Å². The molecule has 3 heteroatoms. The second-order valence-corrected chi connectivity index (χ2v) is 6.91. The van der Waals surface area contributed by atoms with Crippen LogP contribution in [0.4, 0.5) is 11.4 Å². The summed E-state index contributed by atoms with van der Waals surface area (Å²) < 4.78 is 0. The molecular weight excluding hydrogens is 246 g/mol. The van der Waals surface area contributed by atoms with Crippen molar-refractivity contribution in [2.24, 2.45) is 5.92 Å². The number of benzene rings is 1. The molecule has 2 aliphatic rings. The lowest BCUT2D eigenvalue weighted by Crippen LogP contribution is -2.60. The van der Waals surface area contributed by atoms with Crippen molar-refractivity contribution in [1.29, 1.82) is 0 Å². The molecule has 1 aromatic carbocycles. The van der Waals surface area contributed by atoms with Crippen LogP contribution in [0, 0.1) is 12.8 Å². The monoisotopic (exact) mass is 273 g/mol. The summed E-state index contributed by atoms with van der Waals surface area (Å²) in [5.74, 6) is 0.879. The smallest absolute Gasteiger partial charge is 0.0411 e. The van der Waals surface area contributed by atoms with E-state index in [1.807, 2.05) is 0 Å². The third kappa shape index (κ3) is 2.51. The van der Waals surface area contributed by atoms with Gasteiger partial charge in [-0.25, -0.2) is 0 Å². The Balaban J connectivity index is 1.83. The van der Waals surface area contributed by atoms with E-state index in [1.54, 1.807) is 0 Å². The van der Waals surface area contributed by atoms with E-state index in [-0.39, 0.29) is 0 Å². The average molecular weight is 273 g/mol. The number of nitrogens with one attached hydrogen (secondary N) is 1. The van der Waals surface area contributed by atoms with E-state index < -0.39 is 0 Å². The Labute approximate surface area is 123 Å². The van der Waals surface area contributed by atoms with Crippen LogP contribution >= 0.6 is 0 Å². The summed E-state index contributed by atoms with van der Waals surface area (Å²) >= 11 is 0. The first-order valence-electron chi connectivity index (χ1n) is 7.77. The summed E-state index contributed by atoms with van der Waals surface area (Å²) in [5.41, 5.74) is 4.35. The Bertz CT molecular complexity index is 493. The Hall–Kier alpha value is -1.22. The molecule has 3 nitrogen and oxygen atoms in total. The fourth-order valence-corrected chi connectivity index (χ4v) is 3.50. The van der Waals surface area contributed by atoms with E-state index in [0.29, 0.717) is 5.54 Å². The summed E-state index contributed by atoms with van der Waals surface area (Å²) in [5, 5.41) is 3.75. The van der Waals surface area contributed by atoms with Crippen molar-refractivity contribution in [3.05, 3.63) is 23.8 Å². The van der Waals surface area contributed by atoms with Gasteiger partial charge in [-0.05, 0) is 50.3 Å². The maximum absolute atomic E-state index is 3.75. The van der Waals surface area contributed by atoms with Gasteiger partial charge in [-0.2, -0.15) is 0 Å². The first-order chi connectivity index (χ1) is 9.49. The highest BCUT2D eigenvalue weighted by Gasteiger charge is 2.43. The first-order valence-corrected chi connectivity index (χ1v) is 7.77. The van der Waals surface area contributed by atoms with E-state index in [9.17, 15) is 0 Å². The van der Waals surface area contributed by atoms with Gasteiger partial charge in [-0.15, -0.1) is 0 Å². The summed E-state index contributed by atoms with van der Waals surface area (Å²) in [6.45, 7) is 7.92. The van der Waals surface area contributed by atoms with Gasteiger partial charge >= 0.3 is 0 Å². The Kier molecular flexibility index (Phi) is 3.41. The zero-order valence-electron chi connectivity index (χ0n) is 13.2. The molecule has 1 aromatic rings. The lowest BCUT2D eigenvalue weighted by molar-refractivity contribution is 0.285. The lowest BCUT2D eigenvalue weighted by Gasteiger charge is -2.43. The van der Waals surface area contributed by atoms with Gasteiger partial charge in [-0.3, -0.25) is 0 Å². The number of nitrogens with zero attached hydrogens (tertiary/aromatic N) is 2. The first kappa shape index (κ1) is 13.7. The number of hydrogen-bond acceptors (Lipinski definition) is 3. The fourth-order valence-electron chi connectivity index (χ4n) is 3.50. The number of aryl methyl sites for hydroxylation is 1. The molecule has 0 aromatic heterocycles. The van der Waals surface area contributed by atoms with Crippen LogP contribution in [0.3, 0.4) is 0 Å². The van der Waals surface area contributed by atoms with Crippen LogP contribution in [0.1, 0.15) is 25.3 Å². The van der Waals surface area contributed by atoms with Gasteiger partial charge in [-0.1, -0.05) is 6.07 Å². The van der Waals surface area contributed by atoms with Gasteiger partial charge in [0.05, 0.1) is 0 Å². The molecule has 1 aliphatic heterocycles. The maximum Gasteiger partial charge on any atom is 0.0411 e. The molecule has 1 N–H and O–H groups in total. The van der Waals surface area contributed by atoms with E-state index >= 15 is 0 Å². The molecule has 110 valence electrons. The Morgan fingerprint density at radius 3 is 2.70 bits per heavy atom. The maximum atomic E-state index is 3.75. The molecule has 0 amide bonds. The highest BCUT2D eigenvalue weighted by molar-refractivity contribution is 5.63. The van der Waals surface area contributed by atoms with Gasteiger partial charge in [0.25, 0.3) is 0 Å². The fraction of sp³-hybridized carbons (Fsp3) is 0.647. The zero-order chi connectivity index (χ0) is 14.3. The Morgan fingerprint density at radius 2 is 2.05 bits per heavy atom. The van der Waals surface area contributed by atoms with Crippen LogP contribution in [0.15, 0.2) is 18.2 Å². The van der Waals surface area contributed by atoms with Gasteiger partial charge in [0, 0.05) is 50.6 Å². The molecule has 1 heterocycles. The second-order valence-electron chi connectivity index (χ2n) is 6.91. The van der Waals surface area contributed by atoms with Crippen LogP contribution < -0.4 is 15.1 Å². The van der Waals surface area contributed by atoms with Crippen molar-refractivity contribution in [3.63, 3.8) is 0 Å². The summed E-state index contributed by atoms with van der Waals surface area (Å²) in [4.78, 5) is 4.77. The molecule has 0 spiro atoms. The van der Waals surface area contributed by atoms with Crippen LogP contribution in [-0.2, 0) is 0 Å². The van der Waals surface area contributed by atoms with Crippen LogP contribution in [0.25, 0.3) is 0 Å². The molecule has 3 rings (SSSR count). The predicted molar refractivity (Wildman–Crippen MR) is 86.9 cm³/mol. The van der Waals surface area contributed by atoms with Gasteiger partial charge in [0.15, 0.2) is 0 Å². The molecule has 20 heavy (non-hydrogen) atoms. The van der Waals surface area contributed by atoms with Crippen molar-refractivity contribution in [2.75, 3.05) is 43.5 Å². The van der Waals surface area contributed by atoms with Crippen molar-refractivity contribution >= 4 is 11.4 Å². The molecule has 0 bridgehead atoms. The third-order valence-corrected chi connectivity index (χ3v) is 4.95. The molecule has 1 saturated carbocycles. The summed E-state index contributed by atoms with van der Waals surface area (Å²) in [6.07, 6.45) is 2.79. The largest absolute Gasteiger partial charge is 0.377 e. The van der Waals surface area contributed by atoms with E-state index in [2.05, 4.69) is 61.3 Å². The van der Waals surface area contributed by atoms with Crippen molar-refractivity contribution < 1.29 is 0 Å². The minimum Gasteiger partial charge on any atom is -0.377 e. The standard InChI is InChI=1S/C17H27N3/c1-13-5-8-15(11-16(13)19(3)4)20-10-9-18-17(2,12-20)14-6-7-14/h5,8,11,14,18H,6-7,9-10,12H2,1-4H3. The Morgan fingerprint density at radius 1 is 1.30 bits per heavy atom. The number of anilines is 2. The van der Waals surface area contributed by atoms with Gasteiger partial charge in [0.2, 0.25) is 0 Å². The molecule has 1 aliphatic carbocycles. The van der Waals surface area contributed by atoms with Crippen molar-refractivity contribution in [1.82, 2.24) is 5.32 Å². The third-order valence-electron chi connectivity index (χ3n) is 4.95. The molecule has 0 radical (unpaired) electrons. The number of rotatable bonds is 3. The predicted octanol–water partition coefficient (Wildman–Crippen LogP) is 2.64. The number of piperazine rings is 1. The highest BCUT2D eigenvalue weighted by Crippen LogP contribution is 2.41. The normalized spacial score (nSPS) is 26.7. The van der Waals surface area contributed by atoms with E-state index in [0.717, 1.165) is 25.6 Å². The lowest BCUT2D eigenvalue weighted by atomic mass is 9.92. The zero-order valence-corrected chi connectivity index (χ0v) is 13.2. The van der Waals surface area contributed by atoms with Gasteiger partial charge in [0.1, 0.15) is 0 Å². The van der Waals surface area contributed by atoms with E-state index in [4.69, 9.17) is 0 Å². The molecule has 1 unspecified atom stereocenters. The van der Waals surface area contributed by atoms with Crippen LogP contribution in [-0.4, -0.2) is 39.3 Å². The average Bonchev–Trinajstić information content (AvgIpc) is 3.23. The minimum absolute atomic E-state index is 0.307. The SMILES string of the molecule is Cc1ccc(N2CCNC(C)(C3CC3)C2)cc1N(C)C. The van der Waals surface area contributed by atoms with E-state index in [1.165, 1.54) is 29.8 Å². The number of hydrogen-bond donors (Lipinski definition) is 1. The molecule has 2 fully saturated rings. The second kappa shape index (κ2) is 4.96. The minimum atomic E-state index is 0.307. The molecule has 1 saturated heterocycles. The van der Waals surface area contributed by atoms with Crippen molar-refractivity contribution in [3.8, 4) is 0 Å². The molecule has 1 atom stereocenters.